The maximum absolute atomic E-state index is 10.7. The van der Waals surface area contributed by atoms with Crippen molar-refractivity contribution in [2.75, 3.05) is 20.3 Å². The second-order valence-corrected chi connectivity index (χ2v) is 6.25. The van der Waals surface area contributed by atoms with Crippen LogP contribution in [-0.4, -0.2) is 37.2 Å². The normalized spacial score (nSPS) is 12.0. The molecule has 2 aromatic rings. The summed E-state index contributed by atoms with van der Waals surface area (Å²) in [6.07, 6.45) is 0.887. The van der Waals surface area contributed by atoms with Crippen molar-refractivity contribution in [2.24, 2.45) is 4.99 Å². The molecule has 0 aliphatic heterocycles. The second-order valence-electron chi connectivity index (χ2n) is 6.25. The van der Waals surface area contributed by atoms with Crippen molar-refractivity contribution in [2.45, 2.75) is 25.9 Å². The zero-order chi connectivity index (χ0) is 19.5. The number of non-ortho nitro benzene ring substituents is 1. The highest BCUT2D eigenvalue weighted by molar-refractivity contribution is 14.0. The van der Waals surface area contributed by atoms with Crippen molar-refractivity contribution >= 4 is 35.6 Å². The molecule has 0 aliphatic rings. The fourth-order valence-electron chi connectivity index (χ4n) is 2.54. The molecule has 7 nitrogen and oxygen atoms in total. The zero-order valence-corrected chi connectivity index (χ0v) is 18.5. The first-order valence-corrected chi connectivity index (χ1v) is 8.89. The van der Waals surface area contributed by atoms with Gasteiger partial charge in [-0.15, -0.1) is 24.0 Å². The number of halogens is 1. The molecule has 0 saturated heterocycles. The molecule has 1 atom stereocenters. The van der Waals surface area contributed by atoms with E-state index >= 15 is 0 Å². The van der Waals surface area contributed by atoms with Crippen LogP contribution in [0.3, 0.4) is 0 Å². The summed E-state index contributed by atoms with van der Waals surface area (Å²) in [6, 6.07) is 16.8. The quantitative estimate of drug-likeness (QED) is 0.182. The van der Waals surface area contributed by atoms with E-state index in [-0.39, 0.29) is 35.7 Å². The number of nitrogens with zero attached hydrogens (tertiary/aromatic N) is 2. The highest BCUT2D eigenvalue weighted by Gasteiger charge is 2.07. The summed E-state index contributed by atoms with van der Waals surface area (Å²) in [5, 5.41) is 17.4. The molecular formula is C20H27IN4O3. The number of hydrogen-bond acceptors (Lipinski definition) is 4. The molecule has 2 aromatic carbocycles. The maximum atomic E-state index is 10.7. The predicted octanol–water partition coefficient (Wildman–Crippen LogP) is 3.53. The summed E-state index contributed by atoms with van der Waals surface area (Å²) >= 11 is 0. The summed E-state index contributed by atoms with van der Waals surface area (Å²) < 4.78 is 5.17. The third-order valence-electron chi connectivity index (χ3n) is 3.92. The molecule has 8 heteroatoms. The molecule has 1 unspecified atom stereocenters. The van der Waals surface area contributed by atoms with Gasteiger partial charge >= 0.3 is 0 Å². The molecule has 0 spiro atoms. The van der Waals surface area contributed by atoms with Gasteiger partial charge in [-0.2, -0.15) is 0 Å². The smallest absolute Gasteiger partial charge is 0.269 e. The number of benzene rings is 2. The molecule has 0 aromatic heterocycles. The lowest BCUT2D eigenvalue weighted by atomic mass is 10.1. The van der Waals surface area contributed by atoms with Crippen LogP contribution in [-0.2, 0) is 17.7 Å². The van der Waals surface area contributed by atoms with Crippen LogP contribution in [0.5, 0.6) is 0 Å². The Bertz CT molecular complexity index is 739. The topological polar surface area (TPSA) is 88.8 Å². The minimum absolute atomic E-state index is 0. The van der Waals surface area contributed by atoms with Crippen LogP contribution in [0.1, 0.15) is 18.1 Å². The van der Waals surface area contributed by atoms with Crippen LogP contribution < -0.4 is 10.6 Å². The minimum atomic E-state index is -0.405. The third kappa shape index (κ3) is 8.66. The number of nitro benzene ring substituents is 1. The number of aliphatic imine (C=N–C) groups is 1. The molecule has 2 rings (SSSR count). The van der Waals surface area contributed by atoms with Gasteiger partial charge in [0.2, 0.25) is 0 Å². The largest absolute Gasteiger partial charge is 0.383 e. The van der Waals surface area contributed by atoms with Crippen molar-refractivity contribution in [1.29, 1.82) is 0 Å². The molecule has 0 saturated carbocycles. The van der Waals surface area contributed by atoms with Gasteiger partial charge in [0, 0.05) is 31.8 Å². The Balaban J connectivity index is 0.00000392. The SMILES string of the molecule is COCC(C)NC(=NCc1ccc([N+](=O)[O-])cc1)NCCc1ccccc1.I. The summed E-state index contributed by atoms with van der Waals surface area (Å²) in [6.45, 7) is 3.76. The zero-order valence-electron chi connectivity index (χ0n) is 16.1. The fraction of sp³-hybridized carbons (Fsp3) is 0.350. The van der Waals surface area contributed by atoms with Crippen LogP contribution in [0.25, 0.3) is 0 Å². The summed E-state index contributed by atoms with van der Waals surface area (Å²) in [7, 11) is 1.66. The molecule has 2 N–H and O–H groups in total. The second kappa shape index (κ2) is 13.1. The highest BCUT2D eigenvalue weighted by atomic mass is 127. The Hall–Kier alpha value is -2.20. The van der Waals surface area contributed by atoms with Crippen LogP contribution >= 0.6 is 24.0 Å². The van der Waals surface area contributed by atoms with Crippen LogP contribution in [0.2, 0.25) is 0 Å². The highest BCUT2D eigenvalue weighted by Crippen LogP contribution is 2.12. The number of ether oxygens (including phenoxy) is 1. The first kappa shape index (κ1) is 23.8. The predicted molar refractivity (Wildman–Crippen MR) is 122 cm³/mol. The van der Waals surface area contributed by atoms with Crippen molar-refractivity contribution in [3.05, 3.63) is 75.8 Å². The molecule has 0 fully saturated rings. The van der Waals surface area contributed by atoms with Gasteiger partial charge in [-0.1, -0.05) is 42.5 Å². The average molecular weight is 498 g/mol. The Labute approximate surface area is 182 Å². The summed E-state index contributed by atoms with van der Waals surface area (Å²) in [5.41, 5.74) is 2.24. The van der Waals surface area contributed by atoms with Crippen molar-refractivity contribution in [1.82, 2.24) is 10.6 Å². The van der Waals surface area contributed by atoms with Crippen LogP contribution in [0.4, 0.5) is 5.69 Å². The van der Waals surface area contributed by atoms with Gasteiger partial charge in [0.25, 0.3) is 5.69 Å². The van der Waals surface area contributed by atoms with E-state index in [4.69, 9.17) is 4.74 Å². The van der Waals surface area contributed by atoms with Crippen molar-refractivity contribution in [3.63, 3.8) is 0 Å². The molecule has 152 valence electrons. The number of nitro groups is 1. The van der Waals surface area contributed by atoms with Gasteiger partial charge < -0.3 is 15.4 Å². The van der Waals surface area contributed by atoms with E-state index in [1.165, 1.54) is 17.7 Å². The minimum Gasteiger partial charge on any atom is -0.383 e. The van der Waals surface area contributed by atoms with Gasteiger partial charge in [-0.25, -0.2) is 4.99 Å². The van der Waals surface area contributed by atoms with E-state index in [1.54, 1.807) is 19.2 Å². The van der Waals surface area contributed by atoms with E-state index in [0.717, 1.165) is 18.5 Å². The molecular weight excluding hydrogens is 471 g/mol. The fourth-order valence-corrected chi connectivity index (χ4v) is 2.54. The average Bonchev–Trinajstić information content (AvgIpc) is 2.67. The molecule has 0 amide bonds. The Kier molecular flexibility index (Phi) is 11.1. The van der Waals surface area contributed by atoms with E-state index in [2.05, 4.69) is 27.8 Å². The number of nitrogens with one attached hydrogen (secondary N) is 2. The van der Waals surface area contributed by atoms with Crippen LogP contribution in [0, 0.1) is 10.1 Å². The van der Waals surface area contributed by atoms with E-state index < -0.39 is 4.92 Å². The van der Waals surface area contributed by atoms with Gasteiger partial charge in [0.15, 0.2) is 5.96 Å². The van der Waals surface area contributed by atoms with Crippen molar-refractivity contribution in [3.8, 4) is 0 Å². The van der Waals surface area contributed by atoms with Gasteiger partial charge in [0.1, 0.15) is 0 Å². The lowest BCUT2D eigenvalue weighted by Crippen LogP contribution is -2.44. The number of hydrogen-bond donors (Lipinski definition) is 2. The lowest BCUT2D eigenvalue weighted by molar-refractivity contribution is -0.384. The third-order valence-corrected chi connectivity index (χ3v) is 3.92. The maximum Gasteiger partial charge on any atom is 0.269 e. The number of methoxy groups -OCH3 is 1. The van der Waals surface area contributed by atoms with E-state index in [9.17, 15) is 10.1 Å². The molecule has 28 heavy (non-hydrogen) atoms. The van der Waals surface area contributed by atoms with E-state index in [1.807, 2.05) is 25.1 Å². The first-order valence-electron chi connectivity index (χ1n) is 8.89. The van der Waals surface area contributed by atoms with Gasteiger partial charge in [0.05, 0.1) is 18.1 Å². The number of rotatable bonds is 9. The van der Waals surface area contributed by atoms with E-state index in [0.29, 0.717) is 19.1 Å². The van der Waals surface area contributed by atoms with Gasteiger partial charge in [-0.3, -0.25) is 10.1 Å². The Morgan fingerprint density at radius 3 is 2.43 bits per heavy atom. The molecule has 0 bridgehead atoms. The molecule has 0 aliphatic carbocycles. The first-order chi connectivity index (χ1) is 13.1. The molecule has 0 heterocycles. The Morgan fingerprint density at radius 2 is 1.82 bits per heavy atom. The monoisotopic (exact) mass is 498 g/mol. The molecule has 0 radical (unpaired) electrons. The summed E-state index contributed by atoms with van der Waals surface area (Å²) in [4.78, 5) is 14.9. The Morgan fingerprint density at radius 1 is 1.14 bits per heavy atom. The van der Waals surface area contributed by atoms with Crippen LogP contribution in [0.15, 0.2) is 59.6 Å². The standard InChI is InChI=1S/C20H26N4O3.HI/c1-16(15-27-2)23-20(21-13-12-17-6-4-3-5-7-17)22-14-18-8-10-19(11-9-18)24(25)26;/h3-11,16H,12-15H2,1-2H3,(H2,21,22,23);1H. The van der Waals surface area contributed by atoms with Gasteiger partial charge in [-0.05, 0) is 24.5 Å². The lowest BCUT2D eigenvalue weighted by Gasteiger charge is -2.18. The summed E-state index contributed by atoms with van der Waals surface area (Å²) in [5.74, 6) is 0.689. The number of guanidine groups is 1. The van der Waals surface area contributed by atoms with Crippen molar-refractivity contribution < 1.29 is 9.66 Å².